The van der Waals surface area contributed by atoms with Gasteiger partial charge in [0.15, 0.2) is 5.82 Å². The van der Waals surface area contributed by atoms with Crippen molar-refractivity contribution in [2.24, 2.45) is 0 Å². The first-order valence-corrected chi connectivity index (χ1v) is 2.40. The molecular weight excluding hydrogens is 127 g/mol. The minimum absolute atomic E-state index is 0.0972. The van der Waals surface area contributed by atoms with E-state index in [-0.39, 0.29) is 4.64 Å². The molecule has 1 aromatic heterocycles. The van der Waals surface area contributed by atoms with E-state index in [1.807, 2.05) is 0 Å². The smallest absolute Gasteiger partial charge is 0.176 e. The van der Waals surface area contributed by atoms with Gasteiger partial charge in [-0.05, 0) is 0 Å². The summed E-state index contributed by atoms with van der Waals surface area (Å²) in [5.41, 5.74) is 0. The molecule has 0 unspecified atom stereocenters. The van der Waals surface area contributed by atoms with E-state index in [0.717, 1.165) is 6.20 Å². The average Bonchev–Trinajstić information content (AvgIpc) is 1.77. The van der Waals surface area contributed by atoms with Gasteiger partial charge in [0.1, 0.15) is 4.64 Å². The fraction of sp³-hybridized carbons (Fsp3) is 0. The van der Waals surface area contributed by atoms with Crippen molar-refractivity contribution < 1.29 is 4.39 Å². The molecule has 0 atom stereocenters. The Bertz CT molecular complexity index is 231. The number of aromatic amines is 1. The number of aromatic nitrogens is 2. The first kappa shape index (κ1) is 5.37. The molecule has 1 heterocycles. The molecule has 0 spiro atoms. The third-order valence-electron chi connectivity index (χ3n) is 0.675. The van der Waals surface area contributed by atoms with Gasteiger partial charge in [0.2, 0.25) is 0 Å². The van der Waals surface area contributed by atoms with E-state index in [1.54, 1.807) is 0 Å². The van der Waals surface area contributed by atoms with Gasteiger partial charge < -0.3 is 4.98 Å². The molecule has 0 amide bonds. The minimum Gasteiger partial charge on any atom is -0.335 e. The third-order valence-corrected chi connectivity index (χ3v) is 0.988. The van der Waals surface area contributed by atoms with Gasteiger partial charge in [-0.2, -0.15) is 0 Å². The molecule has 1 rings (SSSR count). The predicted octanol–water partition coefficient (Wildman–Crippen LogP) is 1.28. The summed E-state index contributed by atoms with van der Waals surface area (Å²) in [7, 11) is 0. The highest BCUT2D eigenvalue weighted by atomic mass is 32.1. The molecular formula is C4H3FN2S. The van der Waals surface area contributed by atoms with Gasteiger partial charge in [-0.15, -0.1) is 0 Å². The first-order chi connectivity index (χ1) is 3.80. The summed E-state index contributed by atoms with van der Waals surface area (Å²) in [6.07, 6.45) is 2.41. The molecule has 2 nitrogen and oxygen atoms in total. The number of hydrogen-bond donors (Lipinski definition) is 1. The molecule has 0 saturated carbocycles. The van der Waals surface area contributed by atoms with Crippen LogP contribution in [0.2, 0.25) is 0 Å². The van der Waals surface area contributed by atoms with E-state index >= 15 is 0 Å². The second kappa shape index (κ2) is 2.00. The van der Waals surface area contributed by atoms with E-state index in [9.17, 15) is 4.39 Å². The quantitative estimate of drug-likeness (QED) is 0.536. The molecule has 1 N–H and O–H groups in total. The van der Waals surface area contributed by atoms with Gasteiger partial charge >= 0.3 is 0 Å². The molecule has 1 aromatic rings. The lowest BCUT2D eigenvalue weighted by Crippen LogP contribution is -1.81. The van der Waals surface area contributed by atoms with E-state index < -0.39 is 5.82 Å². The lowest BCUT2D eigenvalue weighted by atomic mass is 10.6. The monoisotopic (exact) mass is 130 g/mol. The Kier molecular flexibility index (Phi) is 1.34. The Morgan fingerprint density at radius 3 is 2.88 bits per heavy atom. The van der Waals surface area contributed by atoms with Crippen molar-refractivity contribution in [3.05, 3.63) is 23.0 Å². The zero-order valence-corrected chi connectivity index (χ0v) is 4.70. The highest BCUT2D eigenvalue weighted by Gasteiger charge is 1.86. The number of rotatable bonds is 0. The highest BCUT2D eigenvalue weighted by Crippen LogP contribution is 1.90. The van der Waals surface area contributed by atoms with Crippen LogP contribution in [0.4, 0.5) is 4.39 Å². The predicted molar refractivity (Wildman–Crippen MR) is 29.4 cm³/mol. The fourth-order valence-electron chi connectivity index (χ4n) is 0.326. The number of nitrogens with zero attached hydrogens (tertiary/aromatic N) is 1. The highest BCUT2D eigenvalue weighted by molar-refractivity contribution is 7.71. The van der Waals surface area contributed by atoms with Crippen LogP contribution in [0.25, 0.3) is 0 Å². The van der Waals surface area contributed by atoms with Crippen LogP contribution in [-0.2, 0) is 0 Å². The van der Waals surface area contributed by atoms with Crippen LogP contribution in [0.3, 0.4) is 0 Å². The molecule has 0 aliphatic heterocycles. The van der Waals surface area contributed by atoms with E-state index in [0.29, 0.717) is 0 Å². The van der Waals surface area contributed by atoms with Crippen molar-refractivity contribution in [1.29, 1.82) is 0 Å². The summed E-state index contributed by atoms with van der Waals surface area (Å²) >= 11 is 4.48. The largest absolute Gasteiger partial charge is 0.335 e. The number of halogens is 1. The van der Waals surface area contributed by atoms with Crippen LogP contribution in [0.5, 0.6) is 0 Å². The summed E-state index contributed by atoms with van der Waals surface area (Å²) in [5.74, 6) is -0.484. The summed E-state index contributed by atoms with van der Waals surface area (Å²) < 4.78 is 12.2. The standard InChI is InChI=1S/C4H3FN2S/c5-3-1-6-2-7-4(3)8/h1-2H,(H,6,7,8). The maximum Gasteiger partial charge on any atom is 0.176 e. The normalized spacial score (nSPS) is 9.12. The molecule has 0 radical (unpaired) electrons. The van der Waals surface area contributed by atoms with E-state index in [4.69, 9.17) is 0 Å². The maximum atomic E-state index is 12.1. The molecule has 4 heteroatoms. The van der Waals surface area contributed by atoms with Gasteiger partial charge in [-0.25, -0.2) is 9.37 Å². The van der Waals surface area contributed by atoms with Gasteiger partial charge in [-0.3, -0.25) is 0 Å². The van der Waals surface area contributed by atoms with E-state index in [1.165, 1.54) is 6.33 Å². The van der Waals surface area contributed by atoms with Crippen LogP contribution in [0.15, 0.2) is 12.5 Å². The topological polar surface area (TPSA) is 28.7 Å². The summed E-state index contributed by atoms with van der Waals surface area (Å²) in [6.45, 7) is 0. The van der Waals surface area contributed by atoms with E-state index in [2.05, 4.69) is 22.2 Å². The lowest BCUT2D eigenvalue weighted by molar-refractivity contribution is 0.608. The molecule has 8 heavy (non-hydrogen) atoms. The first-order valence-electron chi connectivity index (χ1n) is 1.99. The zero-order chi connectivity index (χ0) is 5.98. The molecule has 0 aliphatic carbocycles. The number of H-pyrrole nitrogens is 1. The Morgan fingerprint density at radius 1 is 1.75 bits per heavy atom. The Labute approximate surface area is 50.4 Å². The van der Waals surface area contributed by atoms with Crippen LogP contribution in [0, 0.1) is 10.5 Å². The van der Waals surface area contributed by atoms with Crippen molar-refractivity contribution in [2.75, 3.05) is 0 Å². The lowest BCUT2D eigenvalue weighted by Gasteiger charge is -1.82. The molecule has 0 bridgehead atoms. The van der Waals surface area contributed by atoms with Crippen molar-refractivity contribution >= 4 is 12.2 Å². The number of hydrogen-bond acceptors (Lipinski definition) is 2. The Hall–Kier alpha value is -0.770. The Morgan fingerprint density at radius 2 is 2.50 bits per heavy atom. The minimum atomic E-state index is -0.484. The SMILES string of the molecule is Fc1cnc[nH]c1=S. The molecule has 0 fully saturated rings. The molecule has 42 valence electrons. The molecule has 0 aromatic carbocycles. The van der Waals surface area contributed by atoms with Gasteiger partial charge in [0.05, 0.1) is 12.5 Å². The van der Waals surface area contributed by atoms with Crippen LogP contribution < -0.4 is 0 Å². The van der Waals surface area contributed by atoms with Crippen molar-refractivity contribution in [1.82, 2.24) is 9.97 Å². The fourth-order valence-corrected chi connectivity index (χ4v) is 0.432. The second-order valence-corrected chi connectivity index (χ2v) is 1.64. The van der Waals surface area contributed by atoms with Crippen molar-refractivity contribution in [3.63, 3.8) is 0 Å². The zero-order valence-electron chi connectivity index (χ0n) is 3.89. The van der Waals surface area contributed by atoms with Gasteiger partial charge in [0.25, 0.3) is 0 Å². The van der Waals surface area contributed by atoms with Crippen molar-refractivity contribution in [2.45, 2.75) is 0 Å². The summed E-state index contributed by atoms with van der Waals surface area (Å²) in [5, 5.41) is 0. The average molecular weight is 130 g/mol. The third kappa shape index (κ3) is 0.894. The van der Waals surface area contributed by atoms with Crippen LogP contribution in [0.1, 0.15) is 0 Å². The van der Waals surface area contributed by atoms with Gasteiger partial charge in [-0.1, -0.05) is 12.2 Å². The second-order valence-electron chi connectivity index (χ2n) is 1.23. The maximum absolute atomic E-state index is 12.1. The Balaban J connectivity index is 3.35. The van der Waals surface area contributed by atoms with Crippen LogP contribution in [-0.4, -0.2) is 9.97 Å². The van der Waals surface area contributed by atoms with Crippen LogP contribution >= 0.6 is 12.2 Å². The van der Waals surface area contributed by atoms with Crippen molar-refractivity contribution in [3.8, 4) is 0 Å². The molecule has 0 aliphatic rings. The molecule has 0 saturated heterocycles. The number of nitrogens with one attached hydrogen (secondary N) is 1. The summed E-state index contributed by atoms with van der Waals surface area (Å²) in [6, 6.07) is 0. The van der Waals surface area contributed by atoms with Gasteiger partial charge in [0, 0.05) is 0 Å². The summed E-state index contributed by atoms with van der Waals surface area (Å²) in [4.78, 5) is 5.88.